The van der Waals surface area contributed by atoms with Gasteiger partial charge in [0.15, 0.2) is 0 Å². The van der Waals surface area contributed by atoms with E-state index in [0.717, 1.165) is 25.0 Å². The number of nitrogens with one attached hydrogen (secondary N) is 1. The van der Waals surface area contributed by atoms with Crippen LogP contribution in [0.15, 0.2) is 29.4 Å². The molecule has 1 aromatic rings. The van der Waals surface area contributed by atoms with E-state index < -0.39 is 5.82 Å². The Morgan fingerprint density at radius 3 is 2.88 bits per heavy atom. The minimum Gasteiger partial charge on any atom is -0.267 e. The maximum atomic E-state index is 12.9. The highest BCUT2D eigenvalue weighted by Gasteiger charge is 2.04. The van der Waals surface area contributed by atoms with Gasteiger partial charge in [0.1, 0.15) is 5.82 Å². The van der Waals surface area contributed by atoms with E-state index in [-0.39, 0.29) is 11.5 Å². The zero-order valence-corrected chi connectivity index (χ0v) is 10.2. The number of carbonyl (C=O) groups excluding carboxylic acids is 1. The largest absolute Gasteiger partial charge is 0.271 e. The maximum Gasteiger partial charge on any atom is 0.271 e. The third-order valence-electron chi connectivity index (χ3n) is 2.33. The van der Waals surface area contributed by atoms with E-state index in [0.29, 0.717) is 0 Å². The molecule has 0 radical (unpaired) electrons. The molecular weight excluding hydrogens is 219 g/mol. The lowest BCUT2D eigenvalue weighted by molar-refractivity contribution is 0.0954. The maximum absolute atomic E-state index is 12.9. The summed E-state index contributed by atoms with van der Waals surface area (Å²) in [6.07, 6.45) is 3.00. The highest BCUT2D eigenvalue weighted by molar-refractivity contribution is 5.95. The quantitative estimate of drug-likeness (QED) is 0.619. The normalized spacial score (nSPS) is 11.4. The van der Waals surface area contributed by atoms with Gasteiger partial charge >= 0.3 is 0 Å². The van der Waals surface area contributed by atoms with Gasteiger partial charge in [0.2, 0.25) is 0 Å². The van der Waals surface area contributed by atoms with Gasteiger partial charge in [0.05, 0.1) is 0 Å². The highest BCUT2D eigenvalue weighted by Crippen LogP contribution is 2.03. The third kappa shape index (κ3) is 4.76. The first-order valence-electron chi connectivity index (χ1n) is 5.72. The molecule has 0 saturated heterocycles. The van der Waals surface area contributed by atoms with Crippen LogP contribution in [0.2, 0.25) is 0 Å². The van der Waals surface area contributed by atoms with Crippen LogP contribution in [0.3, 0.4) is 0 Å². The molecule has 0 spiro atoms. The summed E-state index contributed by atoms with van der Waals surface area (Å²) < 4.78 is 12.9. The van der Waals surface area contributed by atoms with Gasteiger partial charge in [-0.05, 0) is 38.0 Å². The molecule has 0 aromatic heterocycles. The minimum atomic E-state index is -0.427. The van der Waals surface area contributed by atoms with Crippen molar-refractivity contribution in [2.24, 2.45) is 5.10 Å². The second kappa shape index (κ2) is 6.78. The molecule has 92 valence electrons. The molecule has 0 fully saturated rings. The summed E-state index contributed by atoms with van der Waals surface area (Å²) in [5.41, 5.74) is 3.56. The van der Waals surface area contributed by atoms with Gasteiger partial charge in [-0.2, -0.15) is 5.10 Å². The number of halogens is 1. The van der Waals surface area contributed by atoms with Gasteiger partial charge in [0, 0.05) is 11.3 Å². The van der Waals surface area contributed by atoms with E-state index in [1.54, 1.807) is 6.07 Å². The van der Waals surface area contributed by atoms with Gasteiger partial charge in [-0.15, -0.1) is 0 Å². The molecule has 0 aliphatic carbocycles. The van der Waals surface area contributed by atoms with Crippen LogP contribution in [0, 0.1) is 5.82 Å². The number of hydrogen-bond donors (Lipinski definition) is 1. The lowest BCUT2D eigenvalue weighted by Gasteiger charge is -2.02. The number of benzene rings is 1. The van der Waals surface area contributed by atoms with Gasteiger partial charge < -0.3 is 0 Å². The van der Waals surface area contributed by atoms with E-state index in [1.807, 2.05) is 6.92 Å². The monoisotopic (exact) mass is 236 g/mol. The van der Waals surface area contributed by atoms with E-state index in [2.05, 4.69) is 17.5 Å². The van der Waals surface area contributed by atoms with Gasteiger partial charge in [-0.3, -0.25) is 4.79 Å². The Kier molecular flexibility index (Phi) is 5.33. The summed E-state index contributed by atoms with van der Waals surface area (Å²) in [6, 6.07) is 5.53. The first kappa shape index (κ1) is 13.4. The summed E-state index contributed by atoms with van der Waals surface area (Å²) in [7, 11) is 0. The molecule has 3 nitrogen and oxygen atoms in total. The molecule has 1 rings (SSSR count). The topological polar surface area (TPSA) is 41.5 Å². The van der Waals surface area contributed by atoms with Crippen molar-refractivity contribution in [2.75, 3.05) is 0 Å². The van der Waals surface area contributed by atoms with Crippen molar-refractivity contribution >= 4 is 11.6 Å². The van der Waals surface area contributed by atoms with Gasteiger partial charge in [-0.25, -0.2) is 9.82 Å². The lowest BCUT2D eigenvalue weighted by Crippen LogP contribution is -2.19. The number of carbonyl (C=O) groups is 1. The zero-order chi connectivity index (χ0) is 12.7. The number of nitrogens with zero attached hydrogens (tertiary/aromatic N) is 1. The average Bonchev–Trinajstić information content (AvgIpc) is 2.33. The van der Waals surface area contributed by atoms with Crippen molar-refractivity contribution in [2.45, 2.75) is 33.1 Å². The minimum absolute atomic E-state index is 0.275. The molecule has 0 aliphatic heterocycles. The van der Waals surface area contributed by atoms with Gasteiger partial charge in [-0.1, -0.05) is 19.4 Å². The second-order valence-electron chi connectivity index (χ2n) is 3.90. The van der Waals surface area contributed by atoms with E-state index in [4.69, 9.17) is 0 Å². The lowest BCUT2D eigenvalue weighted by atomic mass is 10.2. The fourth-order valence-electron chi connectivity index (χ4n) is 1.33. The molecule has 0 saturated carbocycles. The summed E-state index contributed by atoms with van der Waals surface area (Å²) >= 11 is 0. The fourth-order valence-corrected chi connectivity index (χ4v) is 1.33. The molecule has 4 heteroatoms. The number of amides is 1. The number of rotatable bonds is 5. The van der Waals surface area contributed by atoms with Crippen LogP contribution in [-0.2, 0) is 0 Å². The standard InChI is InChI=1S/C13H17FN2O/c1-3-4-6-10(2)15-16-13(17)11-7-5-8-12(14)9-11/h5,7-9H,3-4,6H2,1-2H3,(H,16,17). The van der Waals surface area contributed by atoms with Crippen LogP contribution in [0.5, 0.6) is 0 Å². The summed E-state index contributed by atoms with van der Waals surface area (Å²) in [6.45, 7) is 3.96. The van der Waals surface area contributed by atoms with Crippen molar-refractivity contribution in [3.8, 4) is 0 Å². The molecule has 0 atom stereocenters. The predicted molar refractivity (Wildman–Crippen MR) is 66.5 cm³/mol. The Balaban J connectivity index is 2.55. The first-order chi connectivity index (χ1) is 8.13. The van der Waals surface area contributed by atoms with Crippen LogP contribution >= 0.6 is 0 Å². The number of unbranched alkanes of at least 4 members (excludes halogenated alkanes) is 1. The van der Waals surface area contributed by atoms with Crippen molar-refractivity contribution in [1.82, 2.24) is 5.43 Å². The molecular formula is C13H17FN2O. The summed E-state index contributed by atoms with van der Waals surface area (Å²) in [4.78, 5) is 11.6. The molecule has 0 aliphatic rings. The van der Waals surface area contributed by atoms with E-state index in [9.17, 15) is 9.18 Å². The highest BCUT2D eigenvalue weighted by atomic mass is 19.1. The van der Waals surface area contributed by atoms with Crippen LogP contribution in [-0.4, -0.2) is 11.6 Å². The van der Waals surface area contributed by atoms with E-state index in [1.165, 1.54) is 18.2 Å². The van der Waals surface area contributed by atoms with Crippen molar-refractivity contribution < 1.29 is 9.18 Å². The average molecular weight is 236 g/mol. The SMILES string of the molecule is CCCCC(C)=NNC(=O)c1cccc(F)c1. The number of hydrazone groups is 1. The second-order valence-corrected chi connectivity index (χ2v) is 3.90. The van der Waals surface area contributed by atoms with Crippen LogP contribution in [0.25, 0.3) is 0 Å². The number of hydrogen-bond acceptors (Lipinski definition) is 2. The Hall–Kier alpha value is -1.71. The Bertz CT molecular complexity index is 416. The molecule has 0 heterocycles. The molecule has 0 unspecified atom stereocenters. The summed E-state index contributed by atoms with van der Waals surface area (Å²) in [5.74, 6) is -0.815. The molecule has 0 bridgehead atoms. The van der Waals surface area contributed by atoms with Crippen molar-refractivity contribution in [3.05, 3.63) is 35.6 Å². The predicted octanol–water partition coefficient (Wildman–Crippen LogP) is 3.12. The molecule has 1 N–H and O–H groups in total. The molecule has 1 aromatic carbocycles. The smallest absolute Gasteiger partial charge is 0.267 e. The zero-order valence-electron chi connectivity index (χ0n) is 10.2. The first-order valence-corrected chi connectivity index (χ1v) is 5.72. The molecule has 17 heavy (non-hydrogen) atoms. The van der Waals surface area contributed by atoms with Crippen LogP contribution in [0.4, 0.5) is 4.39 Å². The fraction of sp³-hybridized carbons (Fsp3) is 0.385. The Morgan fingerprint density at radius 1 is 1.47 bits per heavy atom. The Labute approximate surface area is 101 Å². The Morgan fingerprint density at radius 2 is 2.24 bits per heavy atom. The summed E-state index contributed by atoms with van der Waals surface area (Å²) in [5, 5.41) is 3.96. The van der Waals surface area contributed by atoms with Crippen molar-refractivity contribution in [3.63, 3.8) is 0 Å². The van der Waals surface area contributed by atoms with Crippen LogP contribution in [0.1, 0.15) is 43.5 Å². The van der Waals surface area contributed by atoms with E-state index >= 15 is 0 Å². The van der Waals surface area contributed by atoms with Crippen molar-refractivity contribution in [1.29, 1.82) is 0 Å². The van der Waals surface area contributed by atoms with Crippen LogP contribution < -0.4 is 5.43 Å². The third-order valence-corrected chi connectivity index (χ3v) is 2.33. The molecule has 1 amide bonds. The van der Waals surface area contributed by atoms with Gasteiger partial charge in [0.25, 0.3) is 5.91 Å².